The molecule has 3 N–H and O–H groups in total. The number of nitrogens with one attached hydrogen (secondary N) is 1. The van der Waals surface area contributed by atoms with Crippen LogP contribution in [0.5, 0.6) is 5.75 Å². The van der Waals surface area contributed by atoms with E-state index in [-0.39, 0.29) is 0 Å². The first-order valence-electron chi connectivity index (χ1n) is 11.9. The molecule has 1 aromatic heterocycles. The van der Waals surface area contributed by atoms with Crippen molar-refractivity contribution in [1.29, 1.82) is 0 Å². The Morgan fingerprint density at radius 1 is 1.03 bits per heavy atom. The molecule has 5 rings (SSSR count). The largest absolute Gasteiger partial charge is 0.494 e. The Morgan fingerprint density at radius 3 is 2.60 bits per heavy atom. The quantitative estimate of drug-likeness (QED) is 0.517. The number of rotatable bonds is 6. The normalized spacial score (nSPS) is 15.8. The highest BCUT2D eigenvalue weighted by atomic mass is 16.5. The highest BCUT2D eigenvalue weighted by Gasteiger charge is 2.23. The molecular formula is C26H32N8O. The van der Waals surface area contributed by atoms with Crippen LogP contribution < -0.4 is 30.5 Å². The molecule has 0 bridgehead atoms. The number of nitrogens with zero attached hydrogens (tertiary/aromatic N) is 6. The van der Waals surface area contributed by atoms with Gasteiger partial charge in [-0.05, 0) is 44.3 Å². The zero-order valence-electron chi connectivity index (χ0n) is 20.5. The van der Waals surface area contributed by atoms with Crippen LogP contribution in [0.2, 0.25) is 0 Å². The molecule has 2 aliphatic rings. The van der Waals surface area contributed by atoms with E-state index in [1.807, 2.05) is 53.8 Å². The van der Waals surface area contributed by atoms with Gasteiger partial charge in [0.2, 0.25) is 5.95 Å². The maximum Gasteiger partial charge on any atom is 0.229 e. The van der Waals surface area contributed by atoms with E-state index >= 15 is 0 Å². The van der Waals surface area contributed by atoms with Gasteiger partial charge < -0.3 is 30.5 Å². The Morgan fingerprint density at radius 2 is 1.86 bits per heavy atom. The summed E-state index contributed by atoms with van der Waals surface area (Å²) < 4.78 is 5.72. The molecule has 0 atom stereocenters. The average Bonchev–Trinajstić information content (AvgIpc) is 2.88. The van der Waals surface area contributed by atoms with Gasteiger partial charge in [-0.15, -0.1) is 0 Å². The minimum absolute atomic E-state index is 0.495. The van der Waals surface area contributed by atoms with Gasteiger partial charge in [-0.3, -0.25) is 4.90 Å². The van der Waals surface area contributed by atoms with Gasteiger partial charge in [0.1, 0.15) is 11.4 Å². The maximum atomic E-state index is 6.05. The smallest absolute Gasteiger partial charge is 0.229 e. The van der Waals surface area contributed by atoms with Crippen LogP contribution in [-0.4, -0.2) is 61.7 Å². The van der Waals surface area contributed by atoms with Gasteiger partial charge in [0, 0.05) is 68.3 Å². The molecule has 0 amide bonds. The minimum atomic E-state index is 0.495. The summed E-state index contributed by atoms with van der Waals surface area (Å²) in [5, 5.41) is 3.36. The molecule has 0 spiro atoms. The number of aromatic nitrogens is 2. The number of anilines is 7. The van der Waals surface area contributed by atoms with Crippen molar-refractivity contribution >= 4 is 40.2 Å². The Labute approximate surface area is 206 Å². The van der Waals surface area contributed by atoms with E-state index in [9.17, 15) is 0 Å². The molecule has 3 heterocycles. The van der Waals surface area contributed by atoms with E-state index in [1.54, 1.807) is 7.11 Å². The lowest BCUT2D eigenvalue weighted by Crippen LogP contribution is -2.44. The first-order valence-corrected chi connectivity index (χ1v) is 11.9. The number of hydrogen-bond donors (Lipinski definition) is 2. The fourth-order valence-electron chi connectivity index (χ4n) is 4.43. The van der Waals surface area contributed by atoms with Crippen molar-refractivity contribution in [2.45, 2.75) is 6.92 Å². The molecule has 1 fully saturated rings. The zero-order chi connectivity index (χ0) is 24.4. The van der Waals surface area contributed by atoms with Crippen molar-refractivity contribution in [3.8, 4) is 5.75 Å². The number of ether oxygens (including phenoxy) is 1. The monoisotopic (exact) mass is 472 g/mol. The van der Waals surface area contributed by atoms with Gasteiger partial charge in [-0.1, -0.05) is 6.07 Å². The molecule has 1 saturated heterocycles. The van der Waals surface area contributed by atoms with E-state index in [2.05, 4.69) is 51.1 Å². The van der Waals surface area contributed by atoms with Crippen LogP contribution in [0, 0.1) is 0 Å². The lowest BCUT2D eigenvalue weighted by Gasteiger charge is -2.34. The number of methoxy groups -OCH3 is 1. The van der Waals surface area contributed by atoms with Gasteiger partial charge in [-0.2, -0.15) is 4.98 Å². The summed E-state index contributed by atoms with van der Waals surface area (Å²) in [6.07, 6.45) is 5.88. The number of hydrogen-bond acceptors (Lipinski definition) is 9. The molecule has 0 aliphatic carbocycles. The summed E-state index contributed by atoms with van der Waals surface area (Å²) >= 11 is 0. The lowest BCUT2D eigenvalue weighted by molar-refractivity contribution is 0.312. The van der Waals surface area contributed by atoms with Gasteiger partial charge in [0.05, 0.1) is 19.0 Å². The predicted molar refractivity (Wildman–Crippen MR) is 143 cm³/mol. The van der Waals surface area contributed by atoms with Crippen LogP contribution in [0.4, 0.5) is 40.2 Å². The van der Waals surface area contributed by atoms with Gasteiger partial charge in [0.15, 0.2) is 5.82 Å². The van der Waals surface area contributed by atoms with Crippen molar-refractivity contribution in [2.75, 3.05) is 72.6 Å². The third-order valence-electron chi connectivity index (χ3n) is 6.47. The predicted octanol–water partition coefficient (Wildman–Crippen LogP) is 4.01. The molecule has 0 radical (unpaired) electrons. The van der Waals surface area contributed by atoms with E-state index in [0.29, 0.717) is 11.6 Å². The van der Waals surface area contributed by atoms with E-state index in [0.717, 1.165) is 67.0 Å². The first kappa shape index (κ1) is 22.8. The van der Waals surface area contributed by atoms with Gasteiger partial charge in [0.25, 0.3) is 0 Å². The second-order valence-corrected chi connectivity index (χ2v) is 8.75. The number of benzene rings is 2. The molecule has 0 saturated carbocycles. The zero-order valence-corrected chi connectivity index (χ0v) is 20.5. The molecule has 2 aliphatic heterocycles. The summed E-state index contributed by atoms with van der Waals surface area (Å²) in [4.78, 5) is 18.4. The summed E-state index contributed by atoms with van der Waals surface area (Å²) in [7, 11) is 3.85. The summed E-state index contributed by atoms with van der Waals surface area (Å²) in [6.45, 7) is 7.02. The Hall–Kier alpha value is -3.98. The molecule has 9 heteroatoms. The molecule has 2 aromatic carbocycles. The number of piperazine rings is 1. The Balaban J connectivity index is 1.44. The highest BCUT2D eigenvalue weighted by Crippen LogP contribution is 2.38. The van der Waals surface area contributed by atoms with E-state index < -0.39 is 0 Å². The van der Waals surface area contributed by atoms with Crippen molar-refractivity contribution < 1.29 is 4.74 Å². The standard InChI is InChI=1S/C26H32N8O/c1-4-32-14-15-34(21-7-5-6-19(27)16-21)25-23(32)18-28-26(30-25)29-22-9-8-20(17-24(22)35-3)33-12-10-31(2)11-13-33/h5-9,14-18H,4,10-13,27H2,1-3H3,(H,28,29,30). The average molecular weight is 473 g/mol. The van der Waals surface area contributed by atoms with Crippen LogP contribution in [0.3, 0.4) is 0 Å². The highest BCUT2D eigenvalue weighted by molar-refractivity contribution is 5.81. The van der Waals surface area contributed by atoms with Crippen LogP contribution in [-0.2, 0) is 0 Å². The second kappa shape index (κ2) is 9.71. The first-order chi connectivity index (χ1) is 17.1. The van der Waals surface area contributed by atoms with Crippen molar-refractivity contribution in [3.05, 3.63) is 61.1 Å². The molecule has 0 unspecified atom stereocenters. The number of nitrogen functional groups attached to an aromatic ring is 1. The molecule has 9 nitrogen and oxygen atoms in total. The topological polar surface area (TPSA) is 86.0 Å². The summed E-state index contributed by atoms with van der Waals surface area (Å²) in [5.41, 5.74) is 10.6. The number of fused-ring (bicyclic) bond motifs is 1. The molecule has 35 heavy (non-hydrogen) atoms. The maximum absolute atomic E-state index is 6.05. The van der Waals surface area contributed by atoms with Crippen LogP contribution in [0.25, 0.3) is 0 Å². The SMILES string of the molecule is CCN1C=CN(c2cccc(N)c2)c2nc(Nc3ccc(N4CCN(C)CC4)cc3OC)ncc21. The molecule has 182 valence electrons. The molecular weight excluding hydrogens is 440 g/mol. The van der Waals surface area contributed by atoms with E-state index in [1.165, 1.54) is 0 Å². The van der Waals surface area contributed by atoms with Crippen molar-refractivity contribution in [1.82, 2.24) is 14.9 Å². The van der Waals surface area contributed by atoms with Gasteiger partial charge in [-0.25, -0.2) is 4.98 Å². The number of nitrogens with two attached hydrogens (primary N) is 1. The second-order valence-electron chi connectivity index (χ2n) is 8.75. The van der Waals surface area contributed by atoms with Gasteiger partial charge >= 0.3 is 0 Å². The number of likely N-dealkylation sites (N-methyl/N-ethyl adjacent to an activating group) is 1. The molecule has 3 aromatic rings. The van der Waals surface area contributed by atoms with Crippen LogP contribution in [0.15, 0.2) is 61.1 Å². The van der Waals surface area contributed by atoms with E-state index in [4.69, 9.17) is 15.5 Å². The summed E-state index contributed by atoms with van der Waals surface area (Å²) in [6, 6.07) is 14.0. The van der Waals surface area contributed by atoms with Crippen LogP contribution in [0.1, 0.15) is 6.92 Å². The third-order valence-corrected chi connectivity index (χ3v) is 6.47. The third kappa shape index (κ3) is 4.67. The Kier molecular flexibility index (Phi) is 6.33. The summed E-state index contributed by atoms with van der Waals surface area (Å²) in [5.74, 6) is 2.03. The Bertz CT molecular complexity index is 1220. The van der Waals surface area contributed by atoms with Crippen molar-refractivity contribution in [2.24, 2.45) is 0 Å². The fraction of sp³-hybridized carbons (Fsp3) is 0.308. The minimum Gasteiger partial charge on any atom is -0.494 e. The van der Waals surface area contributed by atoms with Crippen LogP contribution >= 0.6 is 0 Å². The fourth-order valence-corrected chi connectivity index (χ4v) is 4.43. The van der Waals surface area contributed by atoms with Crippen molar-refractivity contribution in [3.63, 3.8) is 0 Å². The lowest BCUT2D eigenvalue weighted by atomic mass is 10.2.